The van der Waals surface area contributed by atoms with E-state index in [9.17, 15) is 0 Å². The quantitative estimate of drug-likeness (QED) is 0.623. The molecule has 0 aromatic heterocycles. The fourth-order valence-electron chi connectivity index (χ4n) is 2.65. The summed E-state index contributed by atoms with van der Waals surface area (Å²) in [6, 6.07) is 7.98. The average Bonchev–Trinajstić information content (AvgIpc) is 2.42. The van der Waals surface area contributed by atoms with Crippen LogP contribution in [0.25, 0.3) is 0 Å². The highest BCUT2D eigenvalue weighted by molar-refractivity contribution is 5.96. The van der Waals surface area contributed by atoms with E-state index in [-0.39, 0.29) is 5.84 Å². The lowest BCUT2D eigenvalue weighted by Gasteiger charge is -2.34. The molecule has 19 heavy (non-hydrogen) atoms. The van der Waals surface area contributed by atoms with E-state index in [0.717, 1.165) is 38.3 Å². The van der Waals surface area contributed by atoms with Gasteiger partial charge in [0.15, 0.2) is 0 Å². The first-order valence-electron chi connectivity index (χ1n) is 7.07. The number of hydrogen-bond acceptors (Lipinski definition) is 3. The molecule has 4 heteroatoms. The molecule has 1 heterocycles. The normalized spacial score (nSPS) is 17.5. The van der Waals surface area contributed by atoms with Crippen molar-refractivity contribution in [2.24, 2.45) is 5.73 Å². The van der Waals surface area contributed by atoms with E-state index in [0.29, 0.717) is 0 Å². The van der Waals surface area contributed by atoms with E-state index in [1.165, 1.54) is 18.5 Å². The number of piperazine rings is 1. The smallest absolute Gasteiger partial charge is 0.123 e. The van der Waals surface area contributed by atoms with Crippen LogP contribution < -0.4 is 5.73 Å². The van der Waals surface area contributed by atoms with Gasteiger partial charge in [-0.2, -0.15) is 0 Å². The van der Waals surface area contributed by atoms with Crippen molar-refractivity contribution >= 4 is 5.84 Å². The van der Waals surface area contributed by atoms with Crippen LogP contribution in [0.1, 0.15) is 24.5 Å². The predicted octanol–water partition coefficient (Wildman–Crippen LogP) is 1.50. The Hall–Kier alpha value is -1.39. The molecule has 0 spiro atoms. The molecule has 1 saturated heterocycles. The Bertz CT molecular complexity index is 422. The summed E-state index contributed by atoms with van der Waals surface area (Å²) in [4.78, 5) is 4.97. The molecule has 3 N–H and O–H groups in total. The Kier molecular flexibility index (Phi) is 4.93. The summed E-state index contributed by atoms with van der Waals surface area (Å²) in [5, 5.41) is 7.63. The summed E-state index contributed by atoms with van der Waals surface area (Å²) in [5.41, 5.74) is 7.68. The van der Waals surface area contributed by atoms with Crippen molar-refractivity contribution in [1.82, 2.24) is 9.80 Å². The number of hydrogen-bond donors (Lipinski definition) is 2. The van der Waals surface area contributed by atoms with E-state index < -0.39 is 0 Å². The summed E-state index contributed by atoms with van der Waals surface area (Å²) < 4.78 is 0. The molecular weight excluding hydrogens is 236 g/mol. The minimum absolute atomic E-state index is 0.167. The van der Waals surface area contributed by atoms with Gasteiger partial charge >= 0.3 is 0 Å². The first-order chi connectivity index (χ1) is 9.20. The molecule has 4 nitrogen and oxygen atoms in total. The Balaban J connectivity index is 1.94. The van der Waals surface area contributed by atoms with Crippen molar-refractivity contribution in [3.63, 3.8) is 0 Å². The first kappa shape index (κ1) is 14.0. The van der Waals surface area contributed by atoms with E-state index >= 15 is 0 Å². The number of nitrogens with two attached hydrogens (primary N) is 1. The van der Waals surface area contributed by atoms with Gasteiger partial charge in [-0.25, -0.2) is 0 Å². The average molecular weight is 260 g/mol. The molecule has 1 aromatic carbocycles. The van der Waals surface area contributed by atoms with Gasteiger partial charge < -0.3 is 10.6 Å². The molecular formula is C15H24N4. The monoisotopic (exact) mass is 260 g/mol. The Morgan fingerprint density at radius 2 is 1.79 bits per heavy atom. The van der Waals surface area contributed by atoms with Crippen LogP contribution in [0, 0.1) is 5.41 Å². The molecule has 1 aromatic rings. The molecule has 1 aliphatic rings. The second-order valence-corrected chi connectivity index (χ2v) is 5.19. The SMILES string of the molecule is CCCN1CCN(Cc2ccccc2C(=N)N)CC1. The first-order valence-corrected chi connectivity index (χ1v) is 7.07. The summed E-state index contributed by atoms with van der Waals surface area (Å²) in [6.45, 7) is 8.84. The van der Waals surface area contributed by atoms with Gasteiger partial charge in [-0.3, -0.25) is 10.3 Å². The summed E-state index contributed by atoms with van der Waals surface area (Å²) >= 11 is 0. The van der Waals surface area contributed by atoms with Crippen LogP contribution in [0.2, 0.25) is 0 Å². The zero-order valence-corrected chi connectivity index (χ0v) is 11.7. The van der Waals surface area contributed by atoms with Gasteiger partial charge in [-0.15, -0.1) is 0 Å². The number of rotatable bonds is 5. The van der Waals surface area contributed by atoms with Crippen LogP contribution in [-0.4, -0.2) is 48.4 Å². The maximum atomic E-state index is 7.63. The molecule has 0 unspecified atom stereocenters. The van der Waals surface area contributed by atoms with Crippen LogP contribution in [0.3, 0.4) is 0 Å². The number of nitrogens with zero attached hydrogens (tertiary/aromatic N) is 2. The lowest BCUT2D eigenvalue weighted by Crippen LogP contribution is -2.46. The maximum Gasteiger partial charge on any atom is 0.123 e. The molecule has 1 aliphatic heterocycles. The molecule has 0 saturated carbocycles. The highest BCUT2D eigenvalue weighted by atomic mass is 15.3. The molecule has 0 amide bonds. The number of amidine groups is 1. The topological polar surface area (TPSA) is 56.4 Å². The minimum atomic E-state index is 0.167. The number of nitrogen functional groups attached to an aromatic ring is 1. The lowest BCUT2D eigenvalue weighted by atomic mass is 10.1. The Morgan fingerprint density at radius 1 is 1.16 bits per heavy atom. The van der Waals surface area contributed by atoms with E-state index in [2.05, 4.69) is 22.8 Å². The standard InChI is InChI=1S/C15H24N4/c1-2-7-18-8-10-19(11-9-18)12-13-5-3-4-6-14(13)15(16)17/h3-6H,2,7-12H2,1H3,(H3,16,17). The summed E-state index contributed by atoms with van der Waals surface area (Å²) in [6.07, 6.45) is 1.23. The number of nitrogens with one attached hydrogen (secondary N) is 1. The largest absolute Gasteiger partial charge is 0.384 e. The Morgan fingerprint density at radius 3 is 2.42 bits per heavy atom. The molecule has 0 radical (unpaired) electrons. The lowest BCUT2D eigenvalue weighted by molar-refractivity contribution is 0.127. The van der Waals surface area contributed by atoms with Crippen molar-refractivity contribution < 1.29 is 0 Å². The van der Waals surface area contributed by atoms with Gasteiger partial charge in [0.25, 0.3) is 0 Å². The van der Waals surface area contributed by atoms with E-state index in [1.807, 2.05) is 18.2 Å². The van der Waals surface area contributed by atoms with Gasteiger partial charge in [0.1, 0.15) is 5.84 Å². The zero-order valence-electron chi connectivity index (χ0n) is 11.7. The highest BCUT2D eigenvalue weighted by Gasteiger charge is 2.17. The van der Waals surface area contributed by atoms with Gasteiger partial charge in [0.2, 0.25) is 0 Å². The number of benzene rings is 1. The fraction of sp³-hybridized carbons (Fsp3) is 0.533. The minimum Gasteiger partial charge on any atom is -0.384 e. The second kappa shape index (κ2) is 6.68. The summed E-state index contributed by atoms with van der Waals surface area (Å²) in [5.74, 6) is 0.167. The van der Waals surface area contributed by atoms with Crippen LogP contribution in [0.4, 0.5) is 0 Å². The molecule has 2 rings (SSSR count). The van der Waals surface area contributed by atoms with Gasteiger partial charge in [-0.05, 0) is 18.5 Å². The summed E-state index contributed by atoms with van der Waals surface area (Å²) in [7, 11) is 0. The van der Waals surface area contributed by atoms with Crippen molar-refractivity contribution in [1.29, 1.82) is 5.41 Å². The van der Waals surface area contributed by atoms with Gasteiger partial charge in [0, 0.05) is 38.3 Å². The zero-order chi connectivity index (χ0) is 13.7. The molecule has 0 atom stereocenters. The van der Waals surface area contributed by atoms with E-state index in [4.69, 9.17) is 11.1 Å². The third kappa shape index (κ3) is 3.78. The highest BCUT2D eigenvalue weighted by Crippen LogP contribution is 2.13. The second-order valence-electron chi connectivity index (χ2n) is 5.19. The third-order valence-electron chi connectivity index (χ3n) is 3.71. The third-order valence-corrected chi connectivity index (χ3v) is 3.71. The molecule has 104 valence electrons. The van der Waals surface area contributed by atoms with Gasteiger partial charge in [-0.1, -0.05) is 31.2 Å². The molecule has 1 fully saturated rings. The Labute approximate surface area is 115 Å². The van der Waals surface area contributed by atoms with Crippen LogP contribution in [-0.2, 0) is 6.54 Å². The maximum absolute atomic E-state index is 7.63. The van der Waals surface area contributed by atoms with Gasteiger partial charge in [0.05, 0.1) is 0 Å². The van der Waals surface area contributed by atoms with Crippen molar-refractivity contribution in [3.8, 4) is 0 Å². The molecule has 0 bridgehead atoms. The van der Waals surface area contributed by atoms with Crippen molar-refractivity contribution in [3.05, 3.63) is 35.4 Å². The van der Waals surface area contributed by atoms with Crippen LogP contribution in [0.5, 0.6) is 0 Å². The predicted molar refractivity (Wildman–Crippen MR) is 79.5 cm³/mol. The van der Waals surface area contributed by atoms with Crippen molar-refractivity contribution in [2.75, 3.05) is 32.7 Å². The van der Waals surface area contributed by atoms with E-state index in [1.54, 1.807) is 0 Å². The fourth-order valence-corrected chi connectivity index (χ4v) is 2.65. The molecule has 0 aliphatic carbocycles. The van der Waals surface area contributed by atoms with Crippen LogP contribution in [0.15, 0.2) is 24.3 Å². The van der Waals surface area contributed by atoms with Crippen molar-refractivity contribution in [2.45, 2.75) is 19.9 Å². The van der Waals surface area contributed by atoms with Crippen LogP contribution >= 0.6 is 0 Å².